The number of hydrogen-bond acceptors (Lipinski definition) is 4. The molecule has 0 aliphatic rings. The average Bonchev–Trinajstić information content (AvgIpc) is 2.89. The standard InChI is InChI=1S/C14H21N5/c1-4-6-15-13(12-10-17-11(3)9-18-12)14-16-7-8-19(14)5-2/h7-10,13,15H,4-6H2,1-3H3. The molecule has 0 aliphatic heterocycles. The quantitative estimate of drug-likeness (QED) is 0.863. The van der Waals surface area contributed by atoms with Gasteiger partial charge in [-0.25, -0.2) is 4.98 Å². The zero-order chi connectivity index (χ0) is 13.7. The van der Waals surface area contributed by atoms with Gasteiger partial charge < -0.3 is 9.88 Å². The van der Waals surface area contributed by atoms with E-state index in [1.54, 1.807) is 6.20 Å². The van der Waals surface area contributed by atoms with Crippen LogP contribution in [0, 0.1) is 6.92 Å². The van der Waals surface area contributed by atoms with E-state index in [-0.39, 0.29) is 6.04 Å². The van der Waals surface area contributed by atoms with Crippen LogP contribution in [0.3, 0.4) is 0 Å². The second kappa shape index (κ2) is 6.43. The lowest BCUT2D eigenvalue weighted by molar-refractivity contribution is 0.530. The van der Waals surface area contributed by atoms with Gasteiger partial charge in [0.05, 0.1) is 17.6 Å². The highest BCUT2D eigenvalue weighted by Gasteiger charge is 2.19. The fourth-order valence-electron chi connectivity index (χ4n) is 2.02. The predicted octanol–water partition coefficient (Wildman–Crippen LogP) is 2.09. The molecule has 0 aromatic carbocycles. The summed E-state index contributed by atoms with van der Waals surface area (Å²) in [6.07, 6.45) is 8.54. The third-order valence-corrected chi connectivity index (χ3v) is 3.04. The lowest BCUT2D eigenvalue weighted by Gasteiger charge is -2.18. The molecule has 102 valence electrons. The highest BCUT2D eigenvalue weighted by molar-refractivity contribution is 5.16. The zero-order valence-electron chi connectivity index (χ0n) is 11.8. The molecule has 2 aromatic heterocycles. The highest BCUT2D eigenvalue weighted by Crippen LogP contribution is 2.18. The molecule has 0 bridgehead atoms. The Hall–Kier alpha value is -1.75. The first-order valence-electron chi connectivity index (χ1n) is 6.79. The smallest absolute Gasteiger partial charge is 0.132 e. The Morgan fingerprint density at radius 3 is 2.68 bits per heavy atom. The molecule has 1 unspecified atom stereocenters. The third kappa shape index (κ3) is 3.17. The van der Waals surface area contributed by atoms with Gasteiger partial charge in [-0.3, -0.25) is 9.97 Å². The lowest BCUT2D eigenvalue weighted by atomic mass is 10.2. The van der Waals surface area contributed by atoms with Crippen molar-refractivity contribution in [3.8, 4) is 0 Å². The maximum absolute atomic E-state index is 4.48. The van der Waals surface area contributed by atoms with Gasteiger partial charge in [0.2, 0.25) is 0 Å². The maximum Gasteiger partial charge on any atom is 0.132 e. The van der Waals surface area contributed by atoms with Crippen LogP contribution in [0.15, 0.2) is 24.8 Å². The van der Waals surface area contributed by atoms with Gasteiger partial charge in [0.25, 0.3) is 0 Å². The van der Waals surface area contributed by atoms with Gasteiger partial charge in [0.1, 0.15) is 11.9 Å². The molecule has 2 rings (SSSR count). The van der Waals surface area contributed by atoms with Crippen molar-refractivity contribution in [2.75, 3.05) is 6.54 Å². The number of imidazole rings is 1. The maximum atomic E-state index is 4.48. The number of nitrogens with one attached hydrogen (secondary N) is 1. The minimum atomic E-state index is 0.00278. The van der Waals surface area contributed by atoms with Gasteiger partial charge in [-0.05, 0) is 26.8 Å². The normalized spacial score (nSPS) is 12.6. The van der Waals surface area contributed by atoms with Crippen molar-refractivity contribution >= 4 is 0 Å². The first-order valence-corrected chi connectivity index (χ1v) is 6.79. The van der Waals surface area contributed by atoms with Crippen molar-refractivity contribution in [3.63, 3.8) is 0 Å². The molecule has 0 radical (unpaired) electrons. The first-order chi connectivity index (χ1) is 9.26. The van der Waals surface area contributed by atoms with Crippen molar-refractivity contribution in [2.24, 2.45) is 0 Å². The Kier molecular flexibility index (Phi) is 4.63. The summed E-state index contributed by atoms with van der Waals surface area (Å²) in [6, 6.07) is 0.00278. The van der Waals surface area contributed by atoms with E-state index in [2.05, 4.69) is 38.7 Å². The number of aryl methyl sites for hydroxylation is 2. The van der Waals surface area contributed by atoms with Crippen LogP contribution in [0.5, 0.6) is 0 Å². The Balaban J connectivity index is 2.32. The van der Waals surface area contributed by atoms with E-state index < -0.39 is 0 Å². The third-order valence-electron chi connectivity index (χ3n) is 3.04. The average molecular weight is 259 g/mol. The molecule has 5 nitrogen and oxygen atoms in total. The number of hydrogen-bond donors (Lipinski definition) is 1. The fourth-order valence-corrected chi connectivity index (χ4v) is 2.02. The van der Waals surface area contributed by atoms with Crippen LogP contribution in [0.25, 0.3) is 0 Å². The number of aromatic nitrogens is 4. The Labute approximate surface area is 114 Å². The first kappa shape index (κ1) is 13.7. The summed E-state index contributed by atoms with van der Waals surface area (Å²) in [7, 11) is 0. The molecule has 0 saturated carbocycles. The summed E-state index contributed by atoms with van der Waals surface area (Å²) >= 11 is 0. The van der Waals surface area contributed by atoms with Crippen molar-refractivity contribution in [2.45, 2.75) is 39.8 Å². The van der Waals surface area contributed by atoms with Crippen molar-refractivity contribution in [3.05, 3.63) is 42.0 Å². The molecular weight excluding hydrogens is 238 g/mol. The van der Waals surface area contributed by atoms with Gasteiger partial charge in [0, 0.05) is 25.1 Å². The molecule has 0 aliphatic carbocycles. The van der Waals surface area contributed by atoms with Gasteiger partial charge in [-0.1, -0.05) is 6.92 Å². The van der Waals surface area contributed by atoms with Crippen LogP contribution in [-0.4, -0.2) is 26.1 Å². The molecule has 19 heavy (non-hydrogen) atoms. The Morgan fingerprint density at radius 2 is 2.05 bits per heavy atom. The van der Waals surface area contributed by atoms with Crippen LogP contribution < -0.4 is 5.32 Å². The van der Waals surface area contributed by atoms with Crippen LogP contribution in [0.2, 0.25) is 0 Å². The van der Waals surface area contributed by atoms with Crippen LogP contribution in [0.4, 0.5) is 0 Å². The van der Waals surface area contributed by atoms with Gasteiger partial charge in [-0.15, -0.1) is 0 Å². The van der Waals surface area contributed by atoms with E-state index in [1.807, 2.05) is 25.5 Å². The minimum Gasteiger partial charge on any atom is -0.334 e. The van der Waals surface area contributed by atoms with Crippen molar-refractivity contribution in [1.82, 2.24) is 24.8 Å². The van der Waals surface area contributed by atoms with Crippen LogP contribution >= 0.6 is 0 Å². The molecule has 0 amide bonds. The Bertz CT molecular complexity index is 503. The van der Waals surface area contributed by atoms with E-state index in [9.17, 15) is 0 Å². The predicted molar refractivity (Wildman–Crippen MR) is 74.8 cm³/mol. The van der Waals surface area contributed by atoms with Gasteiger partial charge >= 0.3 is 0 Å². The van der Waals surface area contributed by atoms with Crippen molar-refractivity contribution in [1.29, 1.82) is 0 Å². The monoisotopic (exact) mass is 259 g/mol. The van der Waals surface area contributed by atoms with E-state index in [0.717, 1.165) is 36.7 Å². The van der Waals surface area contributed by atoms with Crippen LogP contribution in [0.1, 0.15) is 43.5 Å². The minimum absolute atomic E-state index is 0.00278. The Morgan fingerprint density at radius 1 is 1.21 bits per heavy atom. The van der Waals surface area contributed by atoms with Gasteiger partial charge in [-0.2, -0.15) is 0 Å². The molecule has 0 saturated heterocycles. The van der Waals surface area contributed by atoms with E-state index in [1.165, 1.54) is 0 Å². The van der Waals surface area contributed by atoms with Crippen molar-refractivity contribution < 1.29 is 0 Å². The summed E-state index contributed by atoms with van der Waals surface area (Å²) in [5.41, 5.74) is 1.84. The molecule has 1 atom stereocenters. The summed E-state index contributed by atoms with van der Waals surface area (Å²) < 4.78 is 2.13. The van der Waals surface area contributed by atoms with E-state index in [0.29, 0.717) is 0 Å². The molecule has 0 spiro atoms. The summed E-state index contributed by atoms with van der Waals surface area (Å²) in [5, 5.41) is 3.50. The fraction of sp³-hybridized carbons (Fsp3) is 0.500. The topological polar surface area (TPSA) is 55.6 Å². The molecule has 0 fully saturated rings. The summed E-state index contributed by atoms with van der Waals surface area (Å²) in [5.74, 6) is 0.995. The second-order valence-electron chi connectivity index (χ2n) is 4.54. The molecule has 5 heteroatoms. The summed E-state index contributed by atoms with van der Waals surface area (Å²) in [6.45, 7) is 8.04. The second-order valence-corrected chi connectivity index (χ2v) is 4.54. The number of rotatable bonds is 6. The highest BCUT2D eigenvalue weighted by atomic mass is 15.1. The van der Waals surface area contributed by atoms with Crippen LogP contribution in [-0.2, 0) is 6.54 Å². The molecular formula is C14H21N5. The largest absolute Gasteiger partial charge is 0.334 e. The van der Waals surface area contributed by atoms with E-state index >= 15 is 0 Å². The lowest BCUT2D eigenvalue weighted by Crippen LogP contribution is -2.27. The molecule has 2 aromatic rings. The number of nitrogens with zero attached hydrogens (tertiary/aromatic N) is 4. The summed E-state index contributed by atoms with van der Waals surface area (Å²) in [4.78, 5) is 13.3. The van der Waals surface area contributed by atoms with E-state index in [4.69, 9.17) is 0 Å². The zero-order valence-corrected chi connectivity index (χ0v) is 11.8. The molecule has 2 heterocycles. The molecule has 1 N–H and O–H groups in total. The SMILES string of the molecule is CCCNC(c1cnc(C)cn1)c1nccn1CC. The van der Waals surface area contributed by atoms with Gasteiger partial charge in [0.15, 0.2) is 0 Å².